The van der Waals surface area contributed by atoms with Crippen LogP contribution in [0.15, 0.2) is 48.5 Å². The first-order valence-corrected chi connectivity index (χ1v) is 9.04. The number of aliphatic hydroxyl groups excluding tert-OH is 1. The van der Waals surface area contributed by atoms with Gasteiger partial charge >= 0.3 is 5.97 Å². The lowest BCUT2D eigenvalue weighted by Crippen LogP contribution is -2.33. The first-order chi connectivity index (χ1) is 12.7. The van der Waals surface area contributed by atoms with Gasteiger partial charge in [-0.2, -0.15) is 0 Å². The normalized spacial score (nSPS) is 17.8. The lowest BCUT2D eigenvalue weighted by molar-refractivity contribution is 0.0697. The van der Waals surface area contributed by atoms with E-state index in [1.165, 1.54) is 11.1 Å². The summed E-state index contributed by atoms with van der Waals surface area (Å²) in [5.41, 5.74) is 2.74. The molecule has 5 heteroatoms. The quantitative estimate of drug-likeness (QED) is 0.798. The summed E-state index contributed by atoms with van der Waals surface area (Å²) >= 11 is 0. The minimum atomic E-state index is -0.884. The van der Waals surface area contributed by atoms with Crippen molar-refractivity contribution >= 4 is 5.97 Å². The molecule has 0 amide bonds. The number of piperidine rings is 1. The number of ether oxygens (including phenoxy) is 1. The summed E-state index contributed by atoms with van der Waals surface area (Å²) in [4.78, 5) is 13.4. The van der Waals surface area contributed by atoms with Crippen LogP contribution in [-0.4, -0.2) is 47.4 Å². The zero-order valence-electron chi connectivity index (χ0n) is 14.8. The Hall–Kier alpha value is -2.37. The van der Waals surface area contributed by atoms with Crippen molar-refractivity contribution in [3.8, 4) is 5.75 Å². The molecule has 0 unspecified atom stereocenters. The number of hydrogen-bond donors (Lipinski definition) is 2. The lowest BCUT2D eigenvalue weighted by Gasteiger charge is -2.33. The minimum Gasteiger partial charge on any atom is -0.491 e. The smallest absolute Gasteiger partial charge is 0.335 e. The van der Waals surface area contributed by atoms with Crippen LogP contribution >= 0.6 is 0 Å². The van der Waals surface area contributed by atoms with Crippen molar-refractivity contribution in [3.05, 3.63) is 65.2 Å². The molecule has 5 nitrogen and oxygen atoms in total. The summed E-state index contributed by atoms with van der Waals surface area (Å²) in [7, 11) is 0. The molecule has 1 aliphatic rings. The Morgan fingerprint density at radius 1 is 1.19 bits per heavy atom. The number of nitrogens with zero attached hydrogens (tertiary/aromatic N) is 1. The Morgan fingerprint density at radius 3 is 2.73 bits per heavy atom. The Bertz CT molecular complexity index is 729. The molecule has 1 saturated heterocycles. The highest BCUT2D eigenvalue weighted by Crippen LogP contribution is 2.28. The van der Waals surface area contributed by atoms with Crippen LogP contribution < -0.4 is 4.74 Å². The average Bonchev–Trinajstić information content (AvgIpc) is 2.67. The van der Waals surface area contributed by atoms with Gasteiger partial charge in [-0.15, -0.1) is 0 Å². The predicted octanol–water partition coefficient (Wildman–Crippen LogP) is 3.14. The molecule has 26 heavy (non-hydrogen) atoms. The van der Waals surface area contributed by atoms with E-state index in [1.807, 2.05) is 30.3 Å². The van der Waals surface area contributed by atoms with E-state index in [0.717, 1.165) is 38.2 Å². The van der Waals surface area contributed by atoms with Gasteiger partial charge < -0.3 is 14.9 Å². The third-order valence-electron chi connectivity index (χ3n) is 4.80. The van der Waals surface area contributed by atoms with E-state index in [4.69, 9.17) is 14.9 Å². The molecular formula is C21H25NO4. The number of carboxylic acids is 1. The molecule has 2 aromatic rings. The molecule has 1 heterocycles. The molecular weight excluding hydrogens is 330 g/mol. The van der Waals surface area contributed by atoms with Crippen molar-refractivity contribution in [3.63, 3.8) is 0 Å². The van der Waals surface area contributed by atoms with Gasteiger partial charge in [-0.25, -0.2) is 4.79 Å². The second-order valence-corrected chi connectivity index (χ2v) is 6.72. The molecule has 2 N–H and O–H groups in total. The Labute approximate surface area is 153 Å². The molecule has 1 atom stereocenters. The minimum absolute atomic E-state index is 0.0126. The van der Waals surface area contributed by atoms with Crippen molar-refractivity contribution in [1.82, 2.24) is 4.90 Å². The summed E-state index contributed by atoms with van der Waals surface area (Å²) in [6.07, 6.45) is 2.26. The van der Waals surface area contributed by atoms with Crippen molar-refractivity contribution in [2.45, 2.75) is 25.3 Å². The van der Waals surface area contributed by atoms with Gasteiger partial charge in [-0.1, -0.05) is 24.3 Å². The van der Waals surface area contributed by atoms with Crippen LogP contribution in [0, 0.1) is 0 Å². The number of aliphatic hydroxyl groups is 1. The van der Waals surface area contributed by atoms with Crippen molar-refractivity contribution in [1.29, 1.82) is 0 Å². The van der Waals surface area contributed by atoms with Gasteiger partial charge in [0.25, 0.3) is 0 Å². The Kier molecular flexibility index (Phi) is 6.26. The number of carboxylic acid groups (broad SMARTS) is 1. The van der Waals surface area contributed by atoms with E-state index in [2.05, 4.69) is 11.0 Å². The van der Waals surface area contributed by atoms with E-state index in [0.29, 0.717) is 18.1 Å². The van der Waals surface area contributed by atoms with E-state index in [1.54, 1.807) is 12.1 Å². The Morgan fingerprint density at radius 2 is 2.00 bits per heavy atom. The molecule has 138 valence electrons. The van der Waals surface area contributed by atoms with Gasteiger partial charge in [0, 0.05) is 13.1 Å². The summed E-state index contributed by atoms with van der Waals surface area (Å²) in [5.74, 6) is 0.333. The maximum Gasteiger partial charge on any atom is 0.335 e. The monoisotopic (exact) mass is 355 g/mol. The fraction of sp³-hybridized carbons (Fsp3) is 0.381. The maximum atomic E-state index is 11.0. The molecule has 0 saturated carbocycles. The molecule has 1 fully saturated rings. The van der Waals surface area contributed by atoms with Crippen LogP contribution in [0.1, 0.15) is 40.2 Å². The molecule has 3 rings (SSSR count). The number of aromatic carboxylic acids is 1. The van der Waals surface area contributed by atoms with Crippen LogP contribution in [0.25, 0.3) is 0 Å². The number of rotatable bonds is 7. The lowest BCUT2D eigenvalue weighted by atomic mass is 9.90. The molecule has 0 radical (unpaired) electrons. The molecule has 0 spiro atoms. The van der Waals surface area contributed by atoms with Gasteiger partial charge in [0.05, 0.1) is 12.2 Å². The second-order valence-electron chi connectivity index (χ2n) is 6.72. The molecule has 0 bridgehead atoms. The number of carbonyl (C=O) groups is 1. The standard InChI is InChI=1S/C21H25NO4/c23-11-12-26-20-5-1-3-16(13-20)14-22-10-2-4-19(15-22)17-6-8-18(9-7-17)21(24)25/h1,3,5-9,13,19,23H,2,4,10-12,14-15H2,(H,24,25)/t19-/m1/s1. The number of benzene rings is 2. The first-order valence-electron chi connectivity index (χ1n) is 9.04. The van der Waals surface area contributed by atoms with Crippen LogP contribution in [0.2, 0.25) is 0 Å². The zero-order chi connectivity index (χ0) is 18.4. The van der Waals surface area contributed by atoms with E-state index < -0.39 is 5.97 Å². The fourth-order valence-corrected chi connectivity index (χ4v) is 3.52. The van der Waals surface area contributed by atoms with Crippen molar-refractivity contribution in [2.24, 2.45) is 0 Å². The predicted molar refractivity (Wildman–Crippen MR) is 99.7 cm³/mol. The summed E-state index contributed by atoms with van der Waals surface area (Å²) < 4.78 is 5.49. The van der Waals surface area contributed by atoms with Gasteiger partial charge in [0.2, 0.25) is 0 Å². The van der Waals surface area contributed by atoms with Crippen LogP contribution in [0.3, 0.4) is 0 Å². The van der Waals surface area contributed by atoms with Crippen LogP contribution in [-0.2, 0) is 6.54 Å². The first kappa shape index (κ1) is 18.4. The van der Waals surface area contributed by atoms with Gasteiger partial charge in [-0.05, 0) is 60.7 Å². The number of likely N-dealkylation sites (tertiary alicyclic amines) is 1. The summed E-state index contributed by atoms with van der Waals surface area (Å²) in [6.45, 7) is 3.21. The van der Waals surface area contributed by atoms with Crippen LogP contribution in [0.5, 0.6) is 5.75 Å². The molecule has 1 aliphatic heterocycles. The molecule has 0 aliphatic carbocycles. The zero-order valence-corrected chi connectivity index (χ0v) is 14.8. The Balaban J connectivity index is 1.62. The summed E-state index contributed by atoms with van der Waals surface area (Å²) in [5, 5.41) is 17.9. The van der Waals surface area contributed by atoms with E-state index in [-0.39, 0.29) is 6.61 Å². The number of hydrogen-bond acceptors (Lipinski definition) is 4. The van der Waals surface area contributed by atoms with E-state index >= 15 is 0 Å². The summed E-state index contributed by atoms with van der Waals surface area (Å²) in [6, 6.07) is 15.3. The largest absolute Gasteiger partial charge is 0.491 e. The highest BCUT2D eigenvalue weighted by molar-refractivity contribution is 5.87. The third kappa shape index (κ3) is 4.84. The van der Waals surface area contributed by atoms with Gasteiger partial charge in [0.1, 0.15) is 12.4 Å². The fourth-order valence-electron chi connectivity index (χ4n) is 3.52. The second kappa shape index (κ2) is 8.83. The van der Waals surface area contributed by atoms with Gasteiger partial charge in [0.15, 0.2) is 0 Å². The maximum absolute atomic E-state index is 11.0. The highest BCUT2D eigenvalue weighted by atomic mass is 16.5. The highest BCUT2D eigenvalue weighted by Gasteiger charge is 2.21. The van der Waals surface area contributed by atoms with E-state index in [9.17, 15) is 4.79 Å². The third-order valence-corrected chi connectivity index (χ3v) is 4.80. The van der Waals surface area contributed by atoms with Crippen molar-refractivity contribution < 1.29 is 19.7 Å². The molecule has 0 aromatic heterocycles. The van der Waals surface area contributed by atoms with Crippen LogP contribution in [0.4, 0.5) is 0 Å². The van der Waals surface area contributed by atoms with Gasteiger partial charge in [-0.3, -0.25) is 4.90 Å². The van der Waals surface area contributed by atoms with Crippen molar-refractivity contribution in [2.75, 3.05) is 26.3 Å². The SMILES string of the molecule is O=C(O)c1ccc([C@@H]2CCCN(Cc3cccc(OCCO)c3)C2)cc1. The topological polar surface area (TPSA) is 70.0 Å². The average molecular weight is 355 g/mol. The molecule has 2 aromatic carbocycles.